The van der Waals surface area contributed by atoms with Gasteiger partial charge < -0.3 is 10.1 Å². The number of nitrogens with one attached hydrogen (secondary N) is 1. The molecule has 0 aliphatic rings. The molecule has 0 saturated carbocycles. The minimum Gasteiger partial charge on any atom is -0.374 e. The minimum atomic E-state index is 0.331. The lowest BCUT2D eigenvalue weighted by Gasteiger charge is -2.28. The molecule has 0 spiro atoms. The summed E-state index contributed by atoms with van der Waals surface area (Å²) < 4.78 is 5.92. The first-order valence-corrected chi connectivity index (χ1v) is 6.54. The van der Waals surface area contributed by atoms with Crippen LogP contribution in [-0.2, 0) is 4.74 Å². The van der Waals surface area contributed by atoms with Crippen LogP contribution in [0.3, 0.4) is 0 Å². The van der Waals surface area contributed by atoms with Crippen molar-refractivity contribution in [3.05, 3.63) is 0 Å². The summed E-state index contributed by atoms with van der Waals surface area (Å²) in [5.41, 5.74) is 0. The van der Waals surface area contributed by atoms with Crippen LogP contribution in [0.5, 0.6) is 0 Å². The monoisotopic (exact) mass is 215 g/mol. The molecule has 0 aliphatic heterocycles. The molecule has 1 N–H and O–H groups in total. The van der Waals surface area contributed by atoms with Gasteiger partial charge in [-0.05, 0) is 39.7 Å². The molecule has 15 heavy (non-hydrogen) atoms. The Kier molecular flexibility index (Phi) is 9.12. The van der Waals surface area contributed by atoms with Crippen LogP contribution in [0.4, 0.5) is 0 Å². The van der Waals surface area contributed by atoms with Gasteiger partial charge in [-0.3, -0.25) is 0 Å². The lowest BCUT2D eigenvalue weighted by molar-refractivity contribution is -0.0165. The third-order valence-corrected chi connectivity index (χ3v) is 2.67. The van der Waals surface area contributed by atoms with Gasteiger partial charge in [0.1, 0.15) is 0 Å². The standard InChI is InChI=1S/C13H29NO/c1-6-9-10-14-12(7-2)13(8-3)15-11(4)5/h11-14H,6-10H2,1-5H3. The van der Waals surface area contributed by atoms with Crippen molar-refractivity contribution >= 4 is 0 Å². The van der Waals surface area contributed by atoms with Crippen LogP contribution < -0.4 is 5.32 Å². The quantitative estimate of drug-likeness (QED) is 0.596. The van der Waals surface area contributed by atoms with Crippen molar-refractivity contribution in [2.75, 3.05) is 6.54 Å². The third-order valence-electron chi connectivity index (χ3n) is 2.67. The fourth-order valence-electron chi connectivity index (χ4n) is 1.83. The molecule has 0 aliphatic carbocycles. The molecule has 0 radical (unpaired) electrons. The number of hydrogen-bond acceptors (Lipinski definition) is 2. The molecule has 0 saturated heterocycles. The molecule has 0 heterocycles. The van der Waals surface area contributed by atoms with E-state index in [2.05, 4.69) is 39.9 Å². The van der Waals surface area contributed by atoms with Crippen molar-refractivity contribution < 1.29 is 4.74 Å². The first-order chi connectivity index (χ1) is 7.15. The van der Waals surface area contributed by atoms with E-state index in [9.17, 15) is 0 Å². The summed E-state index contributed by atoms with van der Waals surface area (Å²) in [6.45, 7) is 12.0. The maximum atomic E-state index is 5.92. The highest BCUT2D eigenvalue weighted by Gasteiger charge is 2.19. The summed E-state index contributed by atoms with van der Waals surface area (Å²) in [5.74, 6) is 0. The van der Waals surface area contributed by atoms with Crippen LogP contribution in [0.2, 0.25) is 0 Å². The van der Waals surface area contributed by atoms with E-state index in [4.69, 9.17) is 4.74 Å². The Morgan fingerprint density at radius 1 is 1.07 bits per heavy atom. The highest BCUT2D eigenvalue weighted by Crippen LogP contribution is 2.10. The summed E-state index contributed by atoms with van der Waals surface area (Å²) in [6.07, 6.45) is 5.45. The van der Waals surface area contributed by atoms with E-state index in [-0.39, 0.29) is 0 Å². The van der Waals surface area contributed by atoms with Crippen LogP contribution in [0, 0.1) is 0 Å². The Hall–Kier alpha value is -0.0800. The second-order valence-electron chi connectivity index (χ2n) is 4.45. The first-order valence-electron chi connectivity index (χ1n) is 6.54. The zero-order chi connectivity index (χ0) is 11.7. The predicted octanol–water partition coefficient (Wildman–Crippen LogP) is 3.36. The average Bonchev–Trinajstić information content (AvgIpc) is 2.21. The lowest BCUT2D eigenvalue weighted by atomic mass is 10.1. The molecule has 0 fully saturated rings. The number of hydrogen-bond donors (Lipinski definition) is 1. The summed E-state index contributed by atoms with van der Waals surface area (Å²) in [6, 6.07) is 0.518. The van der Waals surface area contributed by atoms with Gasteiger partial charge in [0.25, 0.3) is 0 Å². The van der Waals surface area contributed by atoms with E-state index in [0.29, 0.717) is 18.2 Å². The fraction of sp³-hybridized carbons (Fsp3) is 1.00. The van der Waals surface area contributed by atoms with Gasteiger partial charge >= 0.3 is 0 Å². The molecular weight excluding hydrogens is 186 g/mol. The van der Waals surface area contributed by atoms with Gasteiger partial charge in [-0.15, -0.1) is 0 Å². The molecule has 0 aromatic carbocycles. The number of unbranched alkanes of at least 4 members (excludes halogenated alkanes) is 1. The first kappa shape index (κ1) is 14.9. The summed E-state index contributed by atoms with van der Waals surface area (Å²) >= 11 is 0. The Balaban J connectivity index is 3.96. The Morgan fingerprint density at radius 2 is 1.73 bits per heavy atom. The van der Waals surface area contributed by atoms with Gasteiger partial charge in [-0.1, -0.05) is 27.2 Å². The molecule has 0 bridgehead atoms. The van der Waals surface area contributed by atoms with Crippen molar-refractivity contribution in [3.63, 3.8) is 0 Å². The lowest BCUT2D eigenvalue weighted by Crippen LogP contribution is -2.42. The molecule has 2 heteroatoms. The van der Waals surface area contributed by atoms with Gasteiger partial charge in [0.15, 0.2) is 0 Å². The van der Waals surface area contributed by atoms with Crippen molar-refractivity contribution in [1.82, 2.24) is 5.32 Å². The summed E-state index contributed by atoms with van der Waals surface area (Å²) in [7, 11) is 0. The Labute approximate surface area is 95.8 Å². The fourth-order valence-corrected chi connectivity index (χ4v) is 1.83. The van der Waals surface area contributed by atoms with E-state index >= 15 is 0 Å². The molecular formula is C13H29NO. The third kappa shape index (κ3) is 6.91. The normalized spacial score (nSPS) is 15.6. The molecule has 2 nitrogen and oxygen atoms in total. The summed E-state index contributed by atoms with van der Waals surface area (Å²) in [5, 5.41) is 3.60. The minimum absolute atomic E-state index is 0.331. The van der Waals surface area contributed by atoms with Gasteiger partial charge in [-0.25, -0.2) is 0 Å². The molecule has 0 rings (SSSR count). The van der Waals surface area contributed by atoms with Crippen molar-refractivity contribution in [2.24, 2.45) is 0 Å². The Morgan fingerprint density at radius 3 is 2.13 bits per heavy atom. The number of ether oxygens (including phenoxy) is 1. The topological polar surface area (TPSA) is 21.3 Å². The molecule has 0 amide bonds. The predicted molar refractivity (Wildman–Crippen MR) is 67.3 cm³/mol. The maximum absolute atomic E-state index is 5.92. The van der Waals surface area contributed by atoms with Crippen LogP contribution in [-0.4, -0.2) is 24.8 Å². The van der Waals surface area contributed by atoms with Crippen LogP contribution >= 0.6 is 0 Å². The Bertz CT molecular complexity index is 136. The number of rotatable bonds is 9. The molecule has 2 unspecified atom stereocenters. The van der Waals surface area contributed by atoms with Crippen molar-refractivity contribution in [2.45, 2.75) is 78.6 Å². The van der Waals surface area contributed by atoms with Gasteiger partial charge in [0.2, 0.25) is 0 Å². The van der Waals surface area contributed by atoms with E-state index < -0.39 is 0 Å². The van der Waals surface area contributed by atoms with E-state index in [1.54, 1.807) is 0 Å². The second-order valence-corrected chi connectivity index (χ2v) is 4.45. The highest BCUT2D eigenvalue weighted by atomic mass is 16.5. The van der Waals surface area contributed by atoms with Crippen molar-refractivity contribution in [3.8, 4) is 0 Å². The van der Waals surface area contributed by atoms with Crippen LogP contribution in [0.15, 0.2) is 0 Å². The maximum Gasteiger partial charge on any atom is 0.0728 e. The zero-order valence-electron chi connectivity index (χ0n) is 11.2. The van der Waals surface area contributed by atoms with Gasteiger partial charge in [0, 0.05) is 6.04 Å². The van der Waals surface area contributed by atoms with Gasteiger partial charge in [-0.2, -0.15) is 0 Å². The largest absolute Gasteiger partial charge is 0.374 e. The SMILES string of the molecule is CCCCNC(CC)C(CC)OC(C)C. The second kappa shape index (κ2) is 9.17. The van der Waals surface area contributed by atoms with E-state index in [0.717, 1.165) is 19.4 Å². The van der Waals surface area contributed by atoms with E-state index in [1.165, 1.54) is 12.8 Å². The smallest absolute Gasteiger partial charge is 0.0728 e. The highest BCUT2D eigenvalue weighted by molar-refractivity contribution is 4.75. The van der Waals surface area contributed by atoms with Gasteiger partial charge in [0.05, 0.1) is 12.2 Å². The molecule has 92 valence electrons. The average molecular weight is 215 g/mol. The molecule has 0 aromatic rings. The van der Waals surface area contributed by atoms with Crippen molar-refractivity contribution in [1.29, 1.82) is 0 Å². The van der Waals surface area contributed by atoms with Crippen LogP contribution in [0.25, 0.3) is 0 Å². The molecule has 2 atom stereocenters. The van der Waals surface area contributed by atoms with Crippen LogP contribution in [0.1, 0.15) is 60.3 Å². The van der Waals surface area contributed by atoms with E-state index in [1.807, 2.05) is 0 Å². The molecule has 0 aromatic heterocycles. The summed E-state index contributed by atoms with van der Waals surface area (Å²) in [4.78, 5) is 0. The zero-order valence-corrected chi connectivity index (χ0v) is 11.2.